The molecule has 1 aliphatic rings. The van der Waals surface area contributed by atoms with Crippen LogP contribution >= 0.6 is 0 Å². The van der Waals surface area contributed by atoms with E-state index in [2.05, 4.69) is 24.5 Å². The van der Waals surface area contributed by atoms with Crippen LogP contribution in [0.3, 0.4) is 0 Å². The number of carbonyl (C=O) groups excluding carboxylic acids is 2. The number of nitrogens with one attached hydrogen (secondary N) is 2. The van der Waals surface area contributed by atoms with Crippen molar-refractivity contribution >= 4 is 11.8 Å². The molecule has 68 valence electrons. The standard InChI is InChI=1S/C8H14N2O2/c1-5(2)4-9-6-3-7(11)10-8(6)12/h5-6,9H,3-4H2,1-2H3,(H,10,11,12). The zero-order valence-corrected chi connectivity index (χ0v) is 7.39. The van der Waals surface area contributed by atoms with Gasteiger partial charge in [-0.25, -0.2) is 0 Å². The predicted octanol–water partition coefficient (Wildman–Crippen LogP) is -0.353. The second-order valence-corrected chi connectivity index (χ2v) is 3.47. The molecule has 1 fully saturated rings. The highest BCUT2D eigenvalue weighted by atomic mass is 16.2. The molecule has 0 aromatic rings. The molecular formula is C8H14N2O2. The quantitative estimate of drug-likeness (QED) is 0.569. The number of imide groups is 1. The monoisotopic (exact) mass is 170 g/mol. The Morgan fingerprint density at radius 2 is 2.25 bits per heavy atom. The van der Waals surface area contributed by atoms with Crippen molar-refractivity contribution in [1.29, 1.82) is 0 Å². The summed E-state index contributed by atoms with van der Waals surface area (Å²) in [5.41, 5.74) is 0. The number of carbonyl (C=O) groups is 2. The zero-order valence-electron chi connectivity index (χ0n) is 7.39. The molecule has 2 N–H and O–H groups in total. The van der Waals surface area contributed by atoms with Gasteiger partial charge in [0.2, 0.25) is 11.8 Å². The van der Waals surface area contributed by atoms with Crippen LogP contribution in [0.25, 0.3) is 0 Å². The minimum absolute atomic E-state index is 0.179. The van der Waals surface area contributed by atoms with Crippen LogP contribution in [0, 0.1) is 5.92 Å². The molecule has 0 aliphatic carbocycles. The molecular weight excluding hydrogens is 156 g/mol. The van der Waals surface area contributed by atoms with Gasteiger partial charge in [-0.1, -0.05) is 13.8 Å². The first-order valence-electron chi connectivity index (χ1n) is 4.16. The summed E-state index contributed by atoms with van der Waals surface area (Å²) in [5, 5.41) is 5.28. The van der Waals surface area contributed by atoms with Crippen LogP contribution in [0.15, 0.2) is 0 Å². The van der Waals surface area contributed by atoms with Gasteiger partial charge in [-0.2, -0.15) is 0 Å². The number of hydrogen-bond donors (Lipinski definition) is 2. The topological polar surface area (TPSA) is 58.2 Å². The summed E-state index contributed by atoms with van der Waals surface area (Å²) in [4.78, 5) is 21.7. The predicted molar refractivity (Wildman–Crippen MR) is 44.4 cm³/mol. The van der Waals surface area contributed by atoms with Crippen molar-refractivity contribution in [2.24, 2.45) is 5.92 Å². The molecule has 1 rings (SSSR count). The van der Waals surface area contributed by atoms with Gasteiger partial charge in [0, 0.05) is 0 Å². The Kier molecular flexibility index (Phi) is 2.81. The lowest BCUT2D eigenvalue weighted by Gasteiger charge is -2.10. The van der Waals surface area contributed by atoms with Crippen molar-refractivity contribution in [2.75, 3.05) is 6.54 Å². The van der Waals surface area contributed by atoms with Crippen LogP contribution in [0.4, 0.5) is 0 Å². The fraction of sp³-hybridized carbons (Fsp3) is 0.750. The summed E-state index contributed by atoms with van der Waals surface area (Å²) in [6.45, 7) is 4.88. The Morgan fingerprint density at radius 3 is 2.67 bits per heavy atom. The van der Waals surface area contributed by atoms with Crippen molar-refractivity contribution in [1.82, 2.24) is 10.6 Å². The third-order valence-electron chi connectivity index (χ3n) is 1.74. The van der Waals surface area contributed by atoms with E-state index >= 15 is 0 Å². The molecule has 2 amide bonds. The van der Waals surface area contributed by atoms with Crippen LogP contribution in [0.1, 0.15) is 20.3 Å². The van der Waals surface area contributed by atoms with Crippen molar-refractivity contribution in [2.45, 2.75) is 26.3 Å². The van der Waals surface area contributed by atoms with Gasteiger partial charge in [-0.15, -0.1) is 0 Å². The lowest BCUT2D eigenvalue weighted by molar-refractivity contribution is -0.125. The van der Waals surface area contributed by atoms with E-state index in [0.717, 1.165) is 6.54 Å². The molecule has 0 saturated carbocycles. The highest BCUT2D eigenvalue weighted by Gasteiger charge is 2.29. The van der Waals surface area contributed by atoms with Gasteiger partial charge in [-0.3, -0.25) is 14.9 Å². The molecule has 1 aliphatic heterocycles. The van der Waals surface area contributed by atoms with Crippen molar-refractivity contribution < 1.29 is 9.59 Å². The van der Waals surface area contributed by atoms with Crippen LogP contribution in [-0.2, 0) is 9.59 Å². The van der Waals surface area contributed by atoms with Gasteiger partial charge in [0.15, 0.2) is 0 Å². The number of hydrogen-bond acceptors (Lipinski definition) is 3. The summed E-state index contributed by atoms with van der Waals surface area (Å²) in [6, 6.07) is -0.306. The van der Waals surface area contributed by atoms with E-state index in [-0.39, 0.29) is 24.3 Å². The largest absolute Gasteiger partial charge is 0.305 e. The summed E-state index contributed by atoms with van der Waals surface area (Å²) in [5.74, 6) is 0.121. The average molecular weight is 170 g/mol. The smallest absolute Gasteiger partial charge is 0.244 e. The minimum atomic E-state index is -0.306. The Morgan fingerprint density at radius 1 is 1.58 bits per heavy atom. The first-order chi connectivity index (χ1) is 5.59. The zero-order chi connectivity index (χ0) is 9.14. The fourth-order valence-corrected chi connectivity index (χ4v) is 1.10. The first-order valence-corrected chi connectivity index (χ1v) is 4.16. The molecule has 4 nitrogen and oxygen atoms in total. The molecule has 4 heteroatoms. The SMILES string of the molecule is CC(C)CNC1CC(=O)NC1=O. The molecule has 0 bridgehead atoms. The molecule has 1 atom stereocenters. The first kappa shape index (κ1) is 9.19. The molecule has 1 unspecified atom stereocenters. The summed E-state index contributed by atoms with van der Waals surface area (Å²) in [7, 11) is 0. The van der Waals surface area contributed by atoms with Crippen molar-refractivity contribution in [3.63, 3.8) is 0 Å². The number of amides is 2. The molecule has 1 heterocycles. The second-order valence-electron chi connectivity index (χ2n) is 3.47. The third kappa shape index (κ3) is 2.30. The highest BCUT2D eigenvalue weighted by molar-refractivity contribution is 6.05. The maximum atomic E-state index is 11.0. The molecule has 0 aromatic heterocycles. The van der Waals surface area contributed by atoms with E-state index in [0.29, 0.717) is 5.92 Å². The van der Waals surface area contributed by atoms with Gasteiger partial charge in [0.25, 0.3) is 0 Å². The average Bonchev–Trinajstić information content (AvgIpc) is 2.26. The van der Waals surface area contributed by atoms with E-state index in [9.17, 15) is 9.59 Å². The maximum Gasteiger partial charge on any atom is 0.244 e. The summed E-state index contributed by atoms with van der Waals surface area (Å²) in [6.07, 6.45) is 0.283. The van der Waals surface area contributed by atoms with Crippen LogP contribution in [0.2, 0.25) is 0 Å². The van der Waals surface area contributed by atoms with Gasteiger partial charge in [-0.05, 0) is 12.5 Å². The van der Waals surface area contributed by atoms with Gasteiger partial charge >= 0.3 is 0 Å². The molecule has 0 spiro atoms. The van der Waals surface area contributed by atoms with Crippen LogP contribution in [0.5, 0.6) is 0 Å². The Labute approximate surface area is 71.7 Å². The van der Waals surface area contributed by atoms with E-state index in [1.807, 2.05) is 0 Å². The third-order valence-corrected chi connectivity index (χ3v) is 1.74. The van der Waals surface area contributed by atoms with Crippen LogP contribution < -0.4 is 10.6 Å². The number of rotatable bonds is 3. The normalized spacial score (nSPS) is 23.4. The molecule has 1 saturated heterocycles. The van der Waals surface area contributed by atoms with Crippen molar-refractivity contribution in [3.05, 3.63) is 0 Å². The molecule has 0 radical (unpaired) electrons. The lowest BCUT2D eigenvalue weighted by atomic mass is 10.2. The van der Waals surface area contributed by atoms with Crippen molar-refractivity contribution in [3.8, 4) is 0 Å². The van der Waals surface area contributed by atoms with E-state index in [1.165, 1.54) is 0 Å². The highest BCUT2D eigenvalue weighted by Crippen LogP contribution is 2.01. The fourth-order valence-electron chi connectivity index (χ4n) is 1.10. The second kappa shape index (κ2) is 3.67. The Balaban J connectivity index is 2.33. The summed E-state index contributed by atoms with van der Waals surface area (Å²) >= 11 is 0. The van der Waals surface area contributed by atoms with E-state index in [1.54, 1.807) is 0 Å². The van der Waals surface area contributed by atoms with Crippen LogP contribution in [-0.4, -0.2) is 24.4 Å². The van der Waals surface area contributed by atoms with Gasteiger partial charge < -0.3 is 5.32 Å². The lowest BCUT2D eigenvalue weighted by Crippen LogP contribution is -2.38. The molecule has 0 aromatic carbocycles. The minimum Gasteiger partial charge on any atom is -0.305 e. The van der Waals surface area contributed by atoms with Gasteiger partial charge in [0.1, 0.15) is 0 Å². The maximum absolute atomic E-state index is 11.0. The van der Waals surface area contributed by atoms with E-state index < -0.39 is 0 Å². The van der Waals surface area contributed by atoms with Gasteiger partial charge in [0.05, 0.1) is 12.5 Å². The summed E-state index contributed by atoms with van der Waals surface area (Å²) < 4.78 is 0. The molecule has 12 heavy (non-hydrogen) atoms. The van der Waals surface area contributed by atoms with E-state index in [4.69, 9.17) is 0 Å². The Hall–Kier alpha value is -0.900. The Bertz CT molecular complexity index is 201.